The highest BCUT2D eigenvalue weighted by Gasteiger charge is 2.39. The quantitative estimate of drug-likeness (QED) is 0.0346. The van der Waals surface area contributed by atoms with E-state index in [4.69, 9.17) is 15.6 Å². The molecule has 0 unspecified atom stereocenters. The Morgan fingerprint density at radius 1 is 0.701 bits per heavy atom. The Morgan fingerprint density at radius 3 is 1.91 bits per heavy atom. The number of carboxylic acid groups (broad SMARTS) is 2. The van der Waals surface area contributed by atoms with Gasteiger partial charge in [0, 0.05) is 55.6 Å². The van der Waals surface area contributed by atoms with Crippen LogP contribution in [-0.4, -0.2) is 135 Å². The maximum absolute atomic E-state index is 15.4. The van der Waals surface area contributed by atoms with Gasteiger partial charge in [0.1, 0.15) is 43.0 Å². The number of hydrogen-bond acceptors (Lipinski definition) is 12. The molecule has 0 bridgehead atoms. The van der Waals surface area contributed by atoms with Crippen LogP contribution in [0.25, 0.3) is 11.1 Å². The molecule has 0 spiro atoms. The van der Waals surface area contributed by atoms with Gasteiger partial charge in [-0.2, -0.15) is 0 Å². The fourth-order valence-electron chi connectivity index (χ4n) is 7.94. The van der Waals surface area contributed by atoms with E-state index in [0.717, 1.165) is 23.8 Å². The van der Waals surface area contributed by atoms with Crippen molar-refractivity contribution in [2.45, 2.75) is 90.2 Å². The number of nitrogens with one attached hydrogen (secondary N) is 6. The topological polar surface area (TPSA) is 347 Å². The molecule has 0 aliphatic rings. The number of amides is 8. The predicted molar refractivity (Wildman–Crippen MR) is 270 cm³/mol. The number of alkyl carbamates (subject to hydrolysis) is 1. The van der Waals surface area contributed by atoms with Crippen molar-refractivity contribution >= 4 is 59.4 Å². The molecule has 0 radical (unpaired) electrons. The van der Waals surface area contributed by atoms with Gasteiger partial charge in [0.15, 0.2) is 0 Å². The molecule has 0 fully saturated rings. The third-order valence-corrected chi connectivity index (χ3v) is 11.5. The fourth-order valence-corrected chi connectivity index (χ4v) is 7.94. The van der Waals surface area contributed by atoms with Crippen LogP contribution in [0.15, 0.2) is 91.1 Å². The van der Waals surface area contributed by atoms with Crippen molar-refractivity contribution in [2.75, 3.05) is 32.8 Å². The summed E-state index contributed by atoms with van der Waals surface area (Å²) in [6.07, 6.45) is -2.88. The van der Waals surface area contributed by atoms with Crippen molar-refractivity contribution in [1.29, 1.82) is 0 Å². The Hall–Kier alpha value is -8.74. The molecule has 1 aromatic heterocycles. The van der Waals surface area contributed by atoms with Gasteiger partial charge in [-0.1, -0.05) is 81.4 Å². The van der Waals surface area contributed by atoms with Crippen LogP contribution in [0.3, 0.4) is 0 Å². The van der Waals surface area contributed by atoms with Crippen molar-refractivity contribution in [3.05, 3.63) is 120 Å². The number of aliphatic hydroxyl groups is 1. The van der Waals surface area contributed by atoms with Crippen LogP contribution < -0.4 is 37.6 Å². The lowest BCUT2D eigenvalue weighted by Gasteiger charge is -2.41. The second kappa shape index (κ2) is 29.4. The maximum Gasteiger partial charge on any atom is 0.408 e. The van der Waals surface area contributed by atoms with E-state index in [-0.39, 0.29) is 43.8 Å². The molecule has 0 aliphatic carbocycles. The average Bonchev–Trinajstić information content (AvgIpc) is 3.78. The minimum Gasteiger partial charge on any atom is -0.481 e. The van der Waals surface area contributed by atoms with E-state index in [2.05, 4.69) is 31.9 Å². The first kappa shape index (κ1) is 60.8. The molecule has 23 nitrogen and oxygen atoms in total. The van der Waals surface area contributed by atoms with E-state index in [1.54, 1.807) is 86.1 Å². The van der Waals surface area contributed by atoms with Crippen LogP contribution in [-0.2, 0) is 61.0 Å². The summed E-state index contributed by atoms with van der Waals surface area (Å²) in [6.45, 7) is 2.62. The molecule has 3 aromatic carbocycles. The minimum absolute atomic E-state index is 0.0902. The number of hydrogen-bond donors (Lipinski definition) is 10. The van der Waals surface area contributed by atoms with E-state index in [9.17, 15) is 62.5 Å². The molecule has 4 rings (SSSR count). The first-order valence-electron chi connectivity index (χ1n) is 24.2. The maximum atomic E-state index is 15.4. The summed E-state index contributed by atoms with van der Waals surface area (Å²) in [5.41, 5.74) is 6.41. The number of carboxylic acids is 2. The van der Waals surface area contributed by atoms with Crippen molar-refractivity contribution in [3.63, 3.8) is 0 Å². The van der Waals surface area contributed by atoms with E-state index in [0.29, 0.717) is 11.3 Å². The van der Waals surface area contributed by atoms with Gasteiger partial charge in [-0.3, -0.25) is 43.2 Å². The molecule has 0 saturated carbocycles. The zero-order valence-corrected chi connectivity index (χ0v) is 42.5. The van der Waals surface area contributed by atoms with Gasteiger partial charge < -0.3 is 67.2 Å². The molecule has 4 atom stereocenters. The molecule has 11 N–H and O–H groups in total. The normalized spacial score (nSPS) is 12.6. The van der Waals surface area contributed by atoms with Crippen LogP contribution in [0.5, 0.6) is 0 Å². The van der Waals surface area contributed by atoms with Crippen molar-refractivity contribution in [3.8, 4) is 11.1 Å². The minimum atomic E-state index is -1.92. The van der Waals surface area contributed by atoms with Gasteiger partial charge >= 0.3 is 18.0 Å². The van der Waals surface area contributed by atoms with Gasteiger partial charge in [0.2, 0.25) is 41.4 Å². The second-order valence-corrected chi connectivity index (χ2v) is 18.7. The van der Waals surface area contributed by atoms with Gasteiger partial charge in [0.25, 0.3) is 0 Å². The number of rotatable bonds is 29. The molecule has 0 aliphatic heterocycles. The first-order valence-corrected chi connectivity index (χ1v) is 24.2. The van der Waals surface area contributed by atoms with Crippen LogP contribution >= 0.6 is 0 Å². The molecule has 77 heavy (non-hydrogen) atoms. The van der Waals surface area contributed by atoms with Crippen LogP contribution in [0.1, 0.15) is 75.7 Å². The standard InChI is InChI=1S/C52H63F2N9O14/c1-52(2,3)47(40-22-33(35-23-34(53)14-15-36(35)54)28-62(40)27-31-10-6-4-7-11-31)63(44(68)29-64)21-18-37(48(73)57-20-19-56-43(67)26-58-42(66)16-17-45(69)70)59-49(74)38(24-41(55)65)60-50(75)39(25-46(71)72)61-51(76)77-30-32-12-8-5-9-13-32/h4-15,22-23,28,37-39,47,64H,16-21,24-27,29-30H2,1-3H3,(H2,55,65)(H,56,67)(H,57,73)(H,58,66)(H,59,74)(H,60,75)(H,61,76)(H,69,70)(H,71,72)/t37-,38-,39+,47-/m0/s1. The Bertz CT molecular complexity index is 2740. The monoisotopic (exact) mass is 1080 g/mol. The number of aliphatic hydroxyl groups excluding tert-OH is 1. The first-order chi connectivity index (χ1) is 36.4. The summed E-state index contributed by atoms with van der Waals surface area (Å²) in [5.74, 6) is -11.1. The number of nitrogens with zero attached hydrogens (tertiary/aromatic N) is 2. The van der Waals surface area contributed by atoms with Gasteiger partial charge in [0.05, 0.1) is 31.8 Å². The molecule has 0 saturated heterocycles. The van der Waals surface area contributed by atoms with E-state index >= 15 is 4.39 Å². The number of aliphatic carboxylic acids is 2. The number of carbonyl (C=O) groups is 10. The molecule has 414 valence electrons. The van der Waals surface area contributed by atoms with Crippen LogP contribution in [0.4, 0.5) is 13.6 Å². The van der Waals surface area contributed by atoms with Crippen LogP contribution in [0, 0.1) is 17.0 Å². The lowest BCUT2D eigenvalue weighted by Crippen LogP contribution is -2.58. The summed E-state index contributed by atoms with van der Waals surface area (Å²) >= 11 is 0. The zero-order valence-electron chi connectivity index (χ0n) is 42.5. The van der Waals surface area contributed by atoms with E-state index in [1.165, 1.54) is 4.90 Å². The highest BCUT2D eigenvalue weighted by molar-refractivity contribution is 5.97. The number of aromatic nitrogens is 1. The molecule has 1 heterocycles. The molecular formula is C52H63F2N9O14. The third kappa shape index (κ3) is 20.1. The lowest BCUT2D eigenvalue weighted by molar-refractivity contribution is -0.141. The Balaban J connectivity index is 1.68. The molecular weight excluding hydrogens is 1010 g/mol. The number of ether oxygens (including phenoxy) is 1. The van der Waals surface area contributed by atoms with Crippen LogP contribution in [0.2, 0.25) is 0 Å². The zero-order chi connectivity index (χ0) is 56.8. The van der Waals surface area contributed by atoms with Gasteiger partial charge in [-0.25, -0.2) is 13.6 Å². The average molecular weight is 1080 g/mol. The Labute approximate surface area is 441 Å². The SMILES string of the molecule is CC(C)(C)[C@H](c1cc(-c2cc(F)ccc2F)cn1Cc1ccccc1)N(CC[C@H](NC(=O)[C@H](CC(N)=O)NC(=O)[C@@H](CC(=O)O)NC(=O)OCc1ccccc1)C(=O)NCCNC(=O)CNC(=O)CCC(=O)O)C(=O)CO. The van der Waals surface area contributed by atoms with Crippen molar-refractivity contribution < 1.29 is 76.8 Å². The third-order valence-electron chi connectivity index (χ3n) is 11.5. The number of halogens is 2. The second-order valence-electron chi connectivity index (χ2n) is 18.7. The molecule has 8 amide bonds. The summed E-state index contributed by atoms with van der Waals surface area (Å²) < 4.78 is 36.8. The van der Waals surface area contributed by atoms with E-state index < -0.39 is 146 Å². The summed E-state index contributed by atoms with van der Waals surface area (Å²) in [5, 5.41) is 42.8. The van der Waals surface area contributed by atoms with Crippen molar-refractivity contribution in [1.82, 2.24) is 41.4 Å². The highest BCUT2D eigenvalue weighted by Crippen LogP contribution is 2.41. The highest BCUT2D eigenvalue weighted by atomic mass is 19.1. The Kier molecular flexibility index (Phi) is 23.2. The number of primary amides is 1. The smallest absolute Gasteiger partial charge is 0.408 e. The molecule has 25 heteroatoms. The van der Waals surface area contributed by atoms with Gasteiger partial charge in [-0.15, -0.1) is 0 Å². The molecule has 4 aromatic rings. The number of nitrogens with two attached hydrogens (primary N) is 1. The predicted octanol–water partition coefficient (Wildman–Crippen LogP) is 1.61. The number of benzene rings is 3. The van der Waals surface area contributed by atoms with Crippen molar-refractivity contribution in [2.24, 2.45) is 11.1 Å². The number of carbonyl (C=O) groups excluding carboxylic acids is 8. The lowest BCUT2D eigenvalue weighted by atomic mass is 9.82. The summed E-state index contributed by atoms with van der Waals surface area (Å²) in [6, 6.07) is 15.4. The fraction of sp³-hybridized carbons (Fsp3) is 0.385. The van der Waals surface area contributed by atoms with E-state index in [1.807, 2.05) is 12.1 Å². The van der Waals surface area contributed by atoms with Gasteiger partial charge in [-0.05, 0) is 47.2 Å². The summed E-state index contributed by atoms with van der Waals surface area (Å²) in [4.78, 5) is 129. The summed E-state index contributed by atoms with van der Waals surface area (Å²) in [7, 11) is 0. The largest absolute Gasteiger partial charge is 0.481 e. The Morgan fingerprint density at radius 2 is 1.31 bits per heavy atom.